The number of nitrogens with zero attached hydrogens (tertiary/aromatic N) is 2. The molecule has 0 saturated heterocycles. The number of aromatic amines is 1. The third-order valence-corrected chi connectivity index (χ3v) is 4.81. The molecule has 0 radical (unpaired) electrons. The summed E-state index contributed by atoms with van der Waals surface area (Å²) in [7, 11) is -3.83. The van der Waals surface area contributed by atoms with Crippen LogP contribution in [0.4, 0.5) is 5.69 Å². The Morgan fingerprint density at radius 1 is 1.43 bits per heavy atom. The zero-order valence-electron chi connectivity index (χ0n) is 10.7. The number of para-hydroxylation sites is 1. The van der Waals surface area contributed by atoms with Crippen LogP contribution in [0, 0.1) is 0 Å². The largest absolute Gasteiger partial charge is 0.489 e. The van der Waals surface area contributed by atoms with E-state index in [2.05, 4.69) is 9.97 Å². The van der Waals surface area contributed by atoms with Crippen molar-refractivity contribution in [3.05, 3.63) is 36.3 Å². The van der Waals surface area contributed by atoms with Gasteiger partial charge in [0, 0.05) is 0 Å². The summed E-state index contributed by atoms with van der Waals surface area (Å²) in [6, 6.07) is 4.36. The molecule has 0 spiro atoms. The summed E-state index contributed by atoms with van der Waals surface area (Å²) in [6.07, 6.45) is 2.47. The lowest BCUT2D eigenvalue weighted by molar-refractivity contribution is 0.0692. The molecule has 2 aromatic rings. The Morgan fingerprint density at radius 2 is 2.24 bits per heavy atom. The number of carbonyl (C=O) groups is 1. The fourth-order valence-corrected chi connectivity index (χ4v) is 3.50. The van der Waals surface area contributed by atoms with E-state index in [-0.39, 0.29) is 35.2 Å². The van der Waals surface area contributed by atoms with Gasteiger partial charge in [-0.15, -0.1) is 0 Å². The minimum absolute atomic E-state index is 0.0549. The van der Waals surface area contributed by atoms with Crippen LogP contribution in [0.5, 0.6) is 5.75 Å². The standard InChI is InChI=1S/C12H11N3O5S/c16-12(17)8-2-1-3-9-11(8)20-5-4-15(9)21(18,19)10-6-13-7-14-10/h1-3,6-7H,4-5H2,(H,13,14)(H,16,17). The number of benzene rings is 1. The Balaban J connectivity index is 2.14. The van der Waals surface area contributed by atoms with Crippen molar-refractivity contribution in [3.8, 4) is 5.75 Å². The summed E-state index contributed by atoms with van der Waals surface area (Å²) in [5.74, 6) is -1.12. The number of hydrogen-bond acceptors (Lipinski definition) is 5. The highest BCUT2D eigenvalue weighted by molar-refractivity contribution is 7.92. The van der Waals surface area contributed by atoms with Crippen LogP contribution in [-0.2, 0) is 10.0 Å². The van der Waals surface area contributed by atoms with E-state index in [1.807, 2.05) is 0 Å². The van der Waals surface area contributed by atoms with E-state index in [9.17, 15) is 13.2 Å². The molecule has 0 saturated carbocycles. The molecule has 8 nitrogen and oxygen atoms in total. The van der Waals surface area contributed by atoms with Crippen molar-refractivity contribution in [2.24, 2.45) is 0 Å². The minimum Gasteiger partial charge on any atom is -0.489 e. The number of fused-ring (bicyclic) bond motifs is 1. The van der Waals surface area contributed by atoms with Gasteiger partial charge in [0.15, 0.2) is 10.8 Å². The normalized spacial score (nSPS) is 14.4. The molecule has 110 valence electrons. The smallest absolute Gasteiger partial charge is 0.339 e. The van der Waals surface area contributed by atoms with Gasteiger partial charge in [-0.05, 0) is 12.1 Å². The van der Waals surface area contributed by atoms with Gasteiger partial charge < -0.3 is 14.8 Å². The predicted octanol–water partition coefficient (Wildman–Crippen LogP) is 0.696. The van der Waals surface area contributed by atoms with Crippen LogP contribution < -0.4 is 9.04 Å². The van der Waals surface area contributed by atoms with Crippen molar-refractivity contribution in [1.29, 1.82) is 0 Å². The van der Waals surface area contributed by atoms with Crippen LogP contribution >= 0.6 is 0 Å². The summed E-state index contributed by atoms with van der Waals surface area (Å²) in [6.45, 7) is 0.169. The van der Waals surface area contributed by atoms with E-state index in [1.165, 1.54) is 30.7 Å². The molecule has 2 N–H and O–H groups in total. The Bertz CT molecular complexity index is 785. The number of hydrogen-bond donors (Lipinski definition) is 2. The van der Waals surface area contributed by atoms with Crippen molar-refractivity contribution in [3.63, 3.8) is 0 Å². The molecular formula is C12H11N3O5S. The predicted molar refractivity (Wildman–Crippen MR) is 72.0 cm³/mol. The number of aromatic carboxylic acids is 1. The molecule has 2 heterocycles. The lowest BCUT2D eigenvalue weighted by Crippen LogP contribution is -2.38. The first kappa shape index (κ1) is 13.4. The highest BCUT2D eigenvalue weighted by Crippen LogP contribution is 2.37. The number of anilines is 1. The van der Waals surface area contributed by atoms with E-state index < -0.39 is 16.0 Å². The van der Waals surface area contributed by atoms with Crippen LogP contribution in [0.25, 0.3) is 0 Å². The van der Waals surface area contributed by atoms with Gasteiger partial charge in [0.2, 0.25) is 0 Å². The molecule has 0 atom stereocenters. The maximum absolute atomic E-state index is 12.5. The zero-order chi connectivity index (χ0) is 15.0. The molecule has 1 aromatic heterocycles. The van der Waals surface area contributed by atoms with Gasteiger partial charge >= 0.3 is 5.97 Å². The third-order valence-electron chi connectivity index (χ3n) is 3.08. The summed E-state index contributed by atoms with van der Waals surface area (Å²) in [5, 5.41) is 9.09. The summed E-state index contributed by atoms with van der Waals surface area (Å²) in [5.41, 5.74) is 0.132. The van der Waals surface area contributed by atoms with Crippen LogP contribution in [-0.4, -0.2) is 42.6 Å². The van der Waals surface area contributed by atoms with Gasteiger partial charge in [0.25, 0.3) is 10.0 Å². The Hall–Kier alpha value is -2.55. The number of H-pyrrole nitrogens is 1. The van der Waals surface area contributed by atoms with Crippen LogP contribution in [0.3, 0.4) is 0 Å². The van der Waals surface area contributed by atoms with Crippen molar-refractivity contribution < 1.29 is 23.1 Å². The number of imidazole rings is 1. The molecule has 9 heteroatoms. The lowest BCUT2D eigenvalue weighted by atomic mass is 10.1. The van der Waals surface area contributed by atoms with Crippen molar-refractivity contribution in [2.45, 2.75) is 5.03 Å². The number of ether oxygens (including phenoxy) is 1. The molecule has 1 aromatic carbocycles. The maximum Gasteiger partial charge on any atom is 0.339 e. The fourth-order valence-electron chi connectivity index (χ4n) is 2.14. The molecule has 0 amide bonds. The molecule has 0 aliphatic carbocycles. The number of rotatable bonds is 3. The van der Waals surface area contributed by atoms with Crippen molar-refractivity contribution >= 4 is 21.7 Å². The molecule has 0 unspecified atom stereocenters. The van der Waals surface area contributed by atoms with E-state index in [1.54, 1.807) is 0 Å². The van der Waals surface area contributed by atoms with Gasteiger partial charge in [-0.25, -0.2) is 9.78 Å². The number of sulfonamides is 1. The first-order valence-corrected chi connectivity index (χ1v) is 7.46. The maximum atomic E-state index is 12.5. The highest BCUT2D eigenvalue weighted by Gasteiger charge is 2.33. The molecule has 0 fully saturated rings. The summed E-state index contributed by atoms with van der Waals surface area (Å²) < 4.78 is 31.6. The van der Waals surface area contributed by atoms with E-state index in [0.717, 1.165) is 4.31 Å². The van der Waals surface area contributed by atoms with Crippen molar-refractivity contribution in [1.82, 2.24) is 9.97 Å². The van der Waals surface area contributed by atoms with Gasteiger partial charge in [-0.3, -0.25) is 4.31 Å². The minimum atomic E-state index is -3.83. The Morgan fingerprint density at radius 3 is 2.90 bits per heavy atom. The topological polar surface area (TPSA) is 113 Å². The van der Waals surface area contributed by atoms with E-state index in [0.29, 0.717) is 0 Å². The number of carboxylic acid groups (broad SMARTS) is 1. The summed E-state index contributed by atoms with van der Waals surface area (Å²) in [4.78, 5) is 17.4. The highest BCUT2D eigenvalue weighted by atomic mass is 32.2. The SMILES string of the molecule is O=C(O)c1cccc2c1OCCN2S(=O)(=O)c1cnc[nH]1. The fraction of sp³-hybridized carbons (Fsp3) is 0.167. The second-order valence-corrected chi connectivity index (χ2v) is 6.13. The molecule has 1 aliphatic heterocycles. The van der Waals surface area contributed by atoms with Crippen LogP contribution in [0.1, 0.15) is 10.4 Å². The monoisotopic (exact) mass is 309 g/mol. The summed E-state index contributed by atoms with van der Waals surface area (Å²) >= 11 is 0. The number of aromatic nitrogens is 2. The van der Waals surface area contributed by atoms with Gasteiger partial charge in [0.05, 0.1) is 24.8 Å². The lowest BCUT2D eigenvalue weighted by Gasteiger charge is -2.30. The zero-order valence-corrected chi connectivity index (χ0v) is 11.5. The van der Waals surface area contributed by atoms with Gasteiger partial charge in [-0.2, -0.15) is 8.42 Å². The van der Waals surface area contributed by atoms with Crippen LogP contribution in [0.15, 0.2) is 35.7 Å². The molecule has 21 heavy (non-hydrogen) atoms. The second-order valence-electron chi connectivity index (χ2n) is 4.30. The quantitative estimate of drug-likeness (QED) is 0.862. The van der Waals surface area contributed by atoms with Crippen molar-refractivity contribution in [2.75, 3.05) is 17.5 Å². The Kier molecular flexibility index (Phi) is 3.05. The van der Waals surface area contributed by atoms with E-state index in [4.69, 9.17) is 9.84 Å². The first-order chi connectivity index (χ1) is 10.0. The average molecular weight is 309 g/mol. The Labute approximate surface area is 120 Å². The number of nitrogens with one attached hydrogen (secondary N) is 1. The molecular weight excluding hydrogens is 298 g/mol. The molecule has 1 aliphatic rings. The van der Waals surface area contributed by atoms with Gasteiger partial charge in [0.1, 0.15) is 12.2 Å². The first-order valence-electron chi connectivity index (χ1n) is 6.02. The molecule has 0 bridgehead atoms. The second kappa shape index (κ2) is 4.77. The number of carboxylic acids is 1. The average Bonchev–Trinajstić information content (AvgIpc) is 3.00. The third kappa shape index (κ3) is 2.11. The van der Waals surface area contributed by atoms with Crippen LogP contribution in [0.2, 0.25) is 0 Å². The molecule has 3 rings (SSSR count). The van der Waals surface area contributed by atoms with E-state index >= 15 is 0 Å². The van der Waals surface area contributed by atoms with Gasteiger partial charge in [-0.1, -0.05) is 6.07 Å².